The molecule has 1 heterocycles. The Morgan fingerprint density at radius 1 is 0.912 bits per heavy atom. The molecule has 0 atom stereocenters. The van der Waals surface area contributed by atoms with Gasteiger partial charge in [0.15, 0.2) is 0 Å². The predicted molar refractivity (Wildman–Crippen MR) is 133 cm³/mol. The molecule has 9 heteroatoms. The number of rotatable bonds is 6. The van der Waals surface area contributed by atoms with Gasteiger partial charge in [0.1, 0.15) is 16.5 Å². The van der Waals surface area contributed by atoms with Crippen LogP contribution in [0.4, 0.5) is 11.4 Å². The van der Waals surface area contributed by atoms with Crippen molar-refractivity contribution >= 4 is 64.0 Å². The number of esters is 1. The van der Waals surface area contributed by atoms with Crippen LogP contribution in [-0.4, -0.2) is 17.8 Å². The van der Waals surface area contributed by atoms with Crippen LogP contribution in [0.1, 0.15) is 22.8 Å². The molecule has 0 bridgehead atoms. The third-order valence-electron chi connectivity index (χ3n) is 5.10. The first-order valence-corrected chi connectivity index (χ1v) is 11.3. The second-order valence-electron chi connectivity index (χ2n) is 7.33. The van der Waals surface area contributed by atoms with Gasteiger partial charge >= 0.3 is 5.97 Å². The number of benzene rings is 3. The van der Waals surface area contributed by atoms with Crippen molar-refractivity contribution in [3.8, 4) is 5.75 Å². The summed E-state index contributed by atoms with van der Waals surface area (Å²) < 4.78 is 5.43. The fraction of sp³-hybridized carbons (Fsp3) is 0.0800. The van der Waals surface area contributed by atoms with Crippen LogP contribution in [-0.2, 0) is 16.0 Å². The first kappa shape index (κ1) is 23.8. The van der Waals surface area contributed by atoms with E-state index in [1.807, 2.05) is 25.1 Å². The summed E-state index contributed by atoms with van der Waals surface area (Å²) in [4.78, 5) is 38.9. The normalized spacial score (nSPS) is 13.5. The first-order valence-electron chi connectivity index (χ1n) is 10.2. The zero-order chi connectivity index (χ0) is 24.4. The van der Waals surface area contributed by atoms with Gasteiger partial charge < -0.3 is 10.1 Å². The molecule has 0 saturated carbocycles. The largest absolute Gasteiger partial charge is 0.423 e. The van der Waals surface area contributed by atoms with Crippen molar-refractivity contribution in [1.29, 1.82) is 0 Å². The van der Waals surface area contributed by atoms with Crippen LogP contribution < -0.4 is 15.0 Å². The maximum Gasteiger partial charge on any atom is 0.343 e. The lowest BCUT2D eigenvalue weighted by atomic mass is 10.1. The van der Waals surface area contributed by atoms with Gasteiger partial charge in [0.25, 0.3) is 11.8 Å². The van der Waals surface area contributed by atoms with Crippen LogP contribution in [0.15, 0.2) is 77.5 Å². The van der Waals surface area contributed by atoms with Gasteiger partial charge in [0.05, 0.1) is 21.3 Å². The lowest BCUT2D eigenvalue weighted by Crippen LogP contribution is -2.32. The average Bonchev–Trinajstić information content (AvgIpc) is 3.04. The second kappa shape index (κ2) is 9.89. The summed E-state index contributed by atoms with van der Waals surface area (Å²) in [6.07, 6.45) is 0.827. The molecule has 0 spiro atoms. The maximum atomic E-state index is 12.9. The highest BCUT2D eigenvalue weighted by Crippen LogP contribution is 2.33. The van der Waals surface area contributed by atoms with Gasteiger partial charge in [-0.25, -0.2) is 9.69 Å². The number of aryl methyl sites for hydroxylation is 1. The summed E-state index contributed by atoms with van der Waals surface area (Å²) >= 11 is 18.1. The Morgan fingerprint density at radius 3 is 2.32 bits per heavy atom. The topological polar surface area (TPSA) is 75.7 Å². The van der Waals surface area contributed by atoms with Crippen LogP contribution in [0.2, 0.25) is 10.0 Å². The van der Waals surface area contributed by atoms with Gasteiger partial charge in [0, 0.05) is 5.69 Å². The van der Waals surface area contributed by atoms with E-state index in [2.05, 4.69) is 5.32 Å². The number of carbonyl (C=O) groups is 3. The number of amides is 2. The molecule has 0 fully saturated rings. The molecule has 0 unspecified atom stereocenters. The highest BCUT2D eigenvalue weighted by Gasteiger charge is 2.39. The van der Waals surface area contributed by atoms with Crippen LogP contribution in [0.5, 0.6) is 5.75 Å². The number of ether oxygens (including phenoxy) is 1. The van der Waals surface area contributed by atoms with Gasteiger partial charge in [-0.3, -0.25) is 9.59 Å². The van der Waals surface area contributed by atoms with Gasteiger partial charge in [-0.1, -0.05) is 53.9 Å². The molecule has 4 rings (SSSR count). The van der Waals surface area contributed by atoms with E-state index < -0.39 is 17.8 Å². The minimum absolute atomic E-state index is 0.0931. The number of hydrogen-bond donors (Lipinski definition) is 1. The summed E-state index contributed by atoms with van der Waals surface area (Å²) in [6, 6.07) is 17.9. The van der Waals surface area contributed by atoms with E-state index in [0.717, 1.165) is 16.9 Å². The summed E-state index contributed by atoms with van der Waals surface area (Å²) in [6.45, 7) is 2.01. The molecule has 6 nitrogen and oxygen atoms in total. The van der Waals surface area contributed by atoms with Crippen molar-refractivity contribution in [3.63, 3.8) is 0 Å². The van der Waals surface area contributed by atoms with Crippen molar-refractivity contribution in [2.75, 3.05) is 10.2 Å². The fourth-order valence-electron chi connectivity index (χ4n) is 3.30. The van der Waals surface area contributed by atoms with E-state index in [0.29, 0.717) is 22.0 Å². The van der Waals surface area contributed by atoms with Gasteiger partial charge in [-0.15, -0.1) is 0 Å². The lowest BCUT2D eigenvalue weighted by Gasteiger charge is -2.15. The first-order chi connectivity index (χ1) is 16.3. The average molecular weight is 516 g/mol. The number of carbonyl (C=O) groups excluding carboxylic acids is 3. The van der Waals surface area contributed by atoms with Gasteiger partial charge in [-0.2, -0.15) is 0 Å². The van der Waals surface area contributed by atoms with Crippen LogP contribution in [0, 0.1) is 0 Å². The van der Waals surface area contributed by atoms with E-state index in [9.17, 15) is 14.4 Å². The molecule has 34 heavy (non-hydrogen) atoms. The summed E-state index contributed by atoms with van der Waals surface area (Å²) in [5, 5.41) is 3.07. The highest BCUT2D eigenvalue weighted by atomic mass is 35.5. The van der Waals surface area contributed by atoms with E-state index >= 15 is 0 Å². The number of nitrogens with one attached hydrogen (secondary N) is 1. The minimum atomic E-state index is -0.693. The number of halogens is 3. The van der Waals surface area contributed by atoms with E-state index in [4.69, 9.17) is 39.5 Å². The van der Waals surface area contributed by atoms with Crippen molar-refractivity contribution in [2.45, 2.75) is 13.3 Å². The minimum Gasteiger partial charge on any atom is -0.423 e. The van der Waals surface area contributed by atoms with Crippen molar-refractivity contribution in [2.24, 2.45) is 0 Å². The van der Waals surface area contributed by atoms with Gasteiger partial charge in [0.2, 0.25) is 0 Å². The van der Waals surface area contributed by atoms with Crippen LogP contribution in [0.25, 0.3) is 0 Å². The maximum absolute atomic E-state index is 12.9. The molecule has 1 aliphatic heterocycles. The summed E-state index contributed by atoms with van der Waals surface area (Å²) in [7, 11) is 0. The molecule has 172 valence electrons. The van der Waals surface area contributed by atoms with Crippen LogP contribution >= 0.6 is 34.8 Å². The SMILES string of the molecule is CCc1cccc(OC(=O)c2ccc(NC3=C(Cl)C(=O)N(c4ccc(Cl)c(Cl)c4)C3=O)cc2)c1. The lowest BCUT2D eigenvalue weighted by molar-refractivity contribution is -0.120. The zero-order valence-corrected chi connectivity index (χ0v) is 20.0. The summed E-state index contributed by atoms with van der Waals surface area (Å²) in [5.74, 6) is -1.40. The Hall–Kier alpha value is -3.32. The van der Waals surface area contributed by atoms with Crippen molar-refractivity contribution in [1.82, 2.24) is 0 Å². The monoisotopic (exact) mass is 514 g/mol. The second-order valence-corrected chi connectivity index (χ2v) is 8.52. The molecule has 3 aromatic carbocycles. The Labute approximate surface area is 210 Å². The van der Waals surface area contributed by atoms with Crippen molar-refractivity contribution in [3.05, 3.63) is 98.6 Å². The Kier molecular flexibility index (Phi) is 6.93. The number of nitrogens with zero attached hydrogens (tertiary/aromatic N) is 1. The number of imide groups is 1. The third-order valence-corrected chi connectivity index (χ3v) is 6.19. The molecule has 3 aromatic rings. The predicted octanol–water partition coefficient (Wildman–Crippen LogP) is 6.21. The molecule has 0 aromatic heterocycles. The van der Waals surface area contributed by atoms with E-state index in [-0.39, 0.29) is 21.4 Å². The van der Waals surface area contributed by atoms with E-state index in [1.165, 1.54) is 18.2 Å². The zero-order valence-electron chi connectivity index (χ0n) is 17.8. The quantitative estimate of drug-likeness (QED) is 0.240. The number of hydrogen-bond acceptors (Lipinski definition) is 5. The molecule has 0 saturated heterocycles. The van der Waals surface area contributed by atoms with Gasteiger partial charge in [-0.05, 0) is 66.6 Å². The summed E-state index contributed by atoms with van der Waals surface area (Å²) in [5.41, 5.74) is 1.98. The molecule has 0 radical (unpaired) electrons. The molecular weight excluding hydrogens is 499 g/mol. The smallest absolute Gasteiger partial charge is 0.343 e. The Bertz CT molecular complexity index is 1340. The third kappa shape index (κ3) is 4.80. The number of anilines is 2. The standard InChI is InChI=1S/C25H17Cl3N2O4/c1-2-14-4-3-5-18(12-14)34-25(33)15-6-8-16(9-7-15)29-22-21(28)23(31)30(24(22)32)17-10-11-19(26)20(27)13-17/h3-13,29H,2H2,1H3. The Morgan fingerprint density at radius 2 is 1.65 bits per heavy atom. The molecule has 1 N–H and O–H groups in total. The molecule has 2 amide bonds. The molecule has 1 aliphatic rings. The molecular formula is C25H17Cl3N2O4. The molecule has 0 aliphatic carbocycles. The van der Waals surface area contributed by atoms with Crippen molar-refractivity contribution < 1.29 is 19.1 Å². The Balaban J connectivity index is 1.48. The van der Waals surface area contributed by atoms with Crippen LogP contribution in [0.3, 0.4) is 0 Å². The van der Waals surface area contributed by atoms with E-state index in [1.54, 1.807) is 30.3 Å². The fourth-order valence-corrected chi connectivity index (χ4v) is 3.80. The highest BCUT2D eigenvalue weighted by molar-refractivity contribution is 6.53.